The predicted octanol–water partition coefficient (Wildman–Crippen LogP) is 5.90. The molecule has 0 fully saturated rings. The summed E-state index contributed by atoms with van der Waals surface area (Å²) in [5.41, 5.74) is 7.33. The number of nitriles is 4. The number of benzene rings is 4. The molecule has 0 amide bonds. The van der Waals surface area contributed by atoms with E-state index >= 15 is 0 Å². The van der Waals surface area contributed by atoms with Crippen LogP contribution in [-0.4, -0.2) is 0 Å². The van der Waals surface area contributed by atoms with Crippen molar-refractivity contribution in [2.24, 2.45) is 0 Å². The third-order valence-corrected chi connectivity index (χ3v) is 6.48. The van der Waals surface area contributed by atoms with Crippen molar-refractivity contribution in [2.75, 3.05) is 0 Å². The molecule has 0 aliphatic heterocycles. The predicted molar refractivity (Wildman–Crippen MR) is 135 cm³/mol. The Morgan fingerprint density at radius 2 is 1.22 bits per heavy atom. The van der Waals surface area contributed by atoms with Crippen LogP contribution in [0.15, 0.2) is 72.8 Å². The largest absolute Gasteiger partial charge is 0.487 e. The fourth-order valence-electron chi connectivity index (χ4n) is 4.66. The molecule has 0 unspecified atom stereocenters. The van der Waals surface area contributed by atoms with Crippen LogP contribution in [0, 0.1) is 45.3 Å². The highest BCUT2D eigenvalue weighted by molar-refractivity contribution is 5.78. The van der Waals surface area contributed by atoms with Gasteiger partial charge in [0.25, 0.3) is 0 Å². The molecular formula is C31H18N4O2. The molecule has 174 valence electrons. The molecule has 1 aliphatic rings. The molecule has 37 heavy (non-hydrogen) atoms. The van der Waals surface area contributed by atoms with Crippen molar-refractivity contribution in [3.8, 4) is 46.9 Å². The van der Waals surface area contributed by atoms with Gasteiger partial charge in [0.05, 0.1) is 11.1 Å². The Labute approximate surface area is 214 Å². The SMILES string of the molecule is N#Cc1cccc(OCc2ccc3c(c2COc2cccc(C#N)c2C#N)Cc2ccccc2-3)c1C#N. The maximum Gasteiger partial charge on any atom is 0.138 e. The first-order valence-corrected chi connectivity index (χ1v) is 11.5. The van der Waals surface area contributed by atoms with Gasteiger partial charge in [-0.1, -0.05) is 48.5 Å². The Morgan fingerprint density at radius 3 is 1.84 bits per heavy atom. The van der Waals surface area contributed by atoms with Gasteiger partial charge in [-0.3, -0.25) is 0 Å². The molecule has 4 aromatic rings. The van der Waals surface area contributed by atoms with Gasteiger partial charge in [0, 0.05) is 5.56 Å². The molecule has 1 aliphatic carbocycles. The van der Waals surface area contributed by atoms with E-state index in [1.807, 2.05) is 30.3 Å². The molecule has 0 radical (unpaired) electrons. The smallest absolute Gasteiger partial charge is 0.138 e. The lowest BCUT2D eigenvalue weighted by molar-refractivity contribution is 0.284. The minimum Gasteiger partial charge on any atom is -0.487 e. The molecular weight excluding hydrogens is 460 g/mol. The van der Waals surface area contributed by atoms with Crippen LogP contribution >= 0.6 is 0 Å². The van der Waals surface area contributed by atoms with Crippen LogP contribution in [0.2, 0.25) is 0 Å². The lowest BCUT2D eigenvalue weighted by Gasteiger charge is -2.17. The van der Waals surface area contributed by atoms with Crippen LogP contribution in [0.4, 0.5) is 0 Å². The van der Waals surface area contributed by atoms with E-state index in [-0.39, 0.29) is 35.5 Å². The van der Waals surface area contributed by atoms with Crippen molar-refractivity contribution in [1.82, 2.24) is 0 Å². The van der Waals surface area contributed by atoms with Crippen LogP contribution in [0.1, 0.15) is 44.5 Å². The summed E-state index contributed by atoms with van der Waals surface area (Å²) in [6, 6.07) is 30.4. The highest BCUT2D eigenvalue weighted by atomic mass is 16.5. The number of ether oxygens (including phenoxy) is 2. The van der Waals surface area contributed by atoms with Gasteiger partial charge >= 0.3 is 0 Å². The normalized spacial score (nSPS) is 10.7. The highest BCUT2D eigenvalue weighted by Crippen LogP contribution is 2.40. The summed E-state index contributed by atoms with van der Waals surface area (Å²) in [5, 5.41) is 37.9. The van der Waals surface area contributed by atoms with E-state index < -0.39 is 0 Å². The molecule has 4 aromatic carbocycles. The molecule has 0 N–H and O–H groups in total. The Balaban J connectivity index is 1.52. The number of fused-ring (bicyclic) bond motifs is 3. The molecule has 0 spiro atoms. The first kappa shape index (κ1) is 23.2. The number of hydrogen-bond acceptors (Lipinski definition) is 6. The van der Waals surface area contributed by atoms with E-state index in [1.165, 1.54) is 11.1 Å². The van der Waals surface area contributed by atoms with E-state index in [1.54, 1.807) is 36.4 Å². The Bertz CT molecular complexity index is 1710. The summed E-state index contributed by atoms with van der Waals surface area (Å²) >= 11 is 0. The van der Waals surface area contributed by atoms with Crippen LogP contribution in [-0.2, 0) is 19.6 Å². The topological polar surface area (TPSA) is 114 Å². The van der Waals surface area contributed by atoms with Crippen molar-refractivity contribution >= 4 is 0 Å². The van der Waals surface area contributed by atoms with Crippen LogP contribution in [0.3, 0.4) is 0 Å². The van der Waals surface area contributed by atoms with E-state index in [9.17, 15) is 21.0 Å². The third-order valence-electron chi connectivity index (χ3n) is 6.48. The number of rotatable bonds is 6. The standard InChI is InChI=1S/C31H18N4O2/c32-14-21-6-3-9-30(27(21)16-34)36-18-23-11-12-25-24-8-2-1-5-20(24)13-26(25)29(23)19-37-31-10-4-7-22(15-33)28(31)17-35/h1-12H,13,18-19H2. The van der Waals surface area contributed by atoms with Gasteiger partial charge in [-0.05, 0) is 58.5 Å². The molecule has 0 heterocycles. The van der Waals surface area contributed by atoms with Crippen molar-refractivity contribution in [1.29, 1.82) is 21.0 Å². The molecule has 0 atom stereocenters. The number of nitrogens with zero attached hydrogens (tertiary/aromatic N) is 4. The average molecular weight is 479 g/mol. The fourth-order valence-corrected chi connectivity index (χ4v) is 4.66. The van der Waals surface area contributed by atoms with Gasteiger partial charge in [-0.2, -0.15) is 21.0 Å². The van der Waals surface area contributed by atoms with Gasteiger partial charge in [0.1, 0.15) is 60.1 Å². The van der Waals surface area contributed by atoms with Crippen molar-refractivity contribution in [2.45, 2.75) is 19.6 Å². The van der Waals surface area contributed by atoms with E-state index in [4.69, 9.17) is 9.47 Å². The molecule has 0 bridgehead atoms. The van der Waals surface area contributed by atoms with E-state index in [2.05, 4.69) is 30.3 Å². The summed E-state index contributed by atoms with van der Waals surface area (Å²) in [6.07, 6.45) is 0.731. The molecule has 6 nitrogen and oxygen atoms in total. The zero-order valence-corrected chi connectivity index (χ0v) is 19.7. The van der Waals surface area contributed by atoms with Crippen LogP contribution < -0.4 is 9.47 Å². The third kappa shape index (κ3) is 4.21. The van der Waals surface area contributed by atoms with Crippen molar-refractivity contribution < 1.29 is 9.47 Å². The maximum absolute atomic E-state index is 9.61. The lowest BCUT2D eigenvalue weighted by atomic mass is 9.96. The molecule has 6 heteroatoms. The Morgan fingerprint density at radius 1 is 0.595 bits per heavy atom. The highest BCUT2D eigenvalue weighted by Gasteiger charge is 2.24. The van der Waals surface area contributed by atoms with Gasteiger partial charge in [-0.25, -0.2) is 0 Å². The quantitative estimate of drug-likeness (QED) is 0.300. The zero-order valence-electron chi connectivity index (χ0n) is 19.7. The molecule has 5 rings (SSSR count). The van der Waals surface area contributed by atoms with E-state index in [0.29, 0.717) is 11.5 Å². The first-order chi connectivity index (χ1) is 18.2. The average Bonchev–Trinajstić information content (AvgIpc) is 3.33. The summed E-state index contributed by atoms with van der Waals surface area (Å²) < 4.78 is 12.2. The van der Waals surface area contributed by atoms with Crippen molar-refractivity contribution in [3.05, 3.63) is 117 Å². The summed E-state index contributed by atoms with van der Waals surface area (Å²) in [6.45, 7) is 0.331. The van der Waals surface area contributed by atoms with Gasteiger partial charge in [-0.15, -0.1) is 0 Å². The van der Waals surface area contributed by atoms with Crippen molar-refractivity contribution in [3.63, 3.8) is 0 Å². The van der Waals surface area contributed by atoms with E-state index in [0.717, 1.165) is 28.7 Å². The second-order valence-corrected chi connectivity index (χ2v) is 8.45. The second-order valence-electron chi connectivity index (χ2n) is 8.45. The number of hydrogen-bond donors (Lipinski definition) is 0. The Hall–Kier alpha value is -5.56. The molecule has 0 aromatic heterocycles. The van der Waals surface area contributed by atoms with Gasteiger partial charge in [0.15, 0.2) is 0 Å². The van der Waals surface area contributed by atoms with Gasteiger partial charge < -0.3 is 9.47 Å². The second kappa shape index (κ2) is 9.97. The molecule has 0 saturated heterocycles. The summed E-state index contributed by atoms with van der Waals surface area (Å²) in [7, 11) is 0. The fraction of sp³-hybridized carbons (Fsp3) is 0.0968. The maximum atomic E-state index is 9.61. The Kier molecular flexibility index (Phi) is 6.25. The van der Waals surface area contributed by atoms with Gasteiger partial charge in [0.2, 0.25) is 0 Å². The minimum atomic E-state index is 0.162. The van der Waals surface area contributed by atoms with Crippen LogP contribution in [0.25, 0.3) is 11.1 Å². The zero-order chi connectivity index (χ0) is 25.8. The van der Waals surface area contributed by atoms with Crippen LogP contribution in [0.5, 0.6) is 11.5 Å². The lowest BCUT2D eigenvalue weighted by Crippen LogP contribution is -2.08. The monoisotopic (exact) mass is 478 g/mol. The first-order valence-electron chi connectivity index (χ1n) is 11.5. The minimum absolute atomic E-state index is 0.162. The summed E-state index contributed by atoms with van der Waals surface area (Å²) in [5.74, 6) is 0.681. The summed E-state index contributed by atoms with van der Waals surface area (Å²) in [4.78, 5) is 0. The molecule has 0 saturated carbocycles.